The molecule has 19 heavy (non-hydrogen) atoms. The van der Waals surface area contributed by atoms with E-state index in [2.05, 4.69) is 67.5 Å². The maximum absolute atomic E-state index is 3.44. The van der Waals surface area contributed by atoms with Crippen LogP contribution in [-0.2, 0) is 26.2 Å². The molecule has 2 aliphatic rings. The van der Waals surface area contributed by atoms with E-state index < -0.39 is 0 Å². The monoisotopic (exact) mass is 332 g/mol. The van der Waals surface area contributed by atoms with E-state index in [1.807, 2.05) is 0 Å². The molecule has 0 aromatic carbocycles. The average molecular weight is 334 g/mol. The van der Waals surface area contributed by atoms with E-state index in [0.717, 1.165) is 6.42 Å². The third kappa shape index (κ3) is 4.42. The van der Waals surface area contributed by atoms with Crippen LogP contribution in [0.15, 0.2) is 33.4 Å². The number of hydrogen-bond acceptors (Lipinski definition) is 0. The summed E-state index contributed by atoms with van der Waals surface area (Å²) in [5, 5.41) is 0. The Morgan fingerprint density at radius 1 is 0.842 bits per heavy atom. The van der Waals surface area contributed by atoms with Crippen LogP contribution in [0.5, 0.6) is 0 Å². The van der Waals surface area contributed by atoms with E-state index in [1.165, 1.54) is 33.4 Å². The van der Waals surface area contributed by atoms with Crippen LogP contribution in [0.3, 0.4) is 0 Å². The Hall–Kier alpha value is -0.157. The topological polar surface area (TPSA) is 0 Å². The molecule has 0 radical (unpaired) electrons. The first kappa shape index (κ1) is 18.8. The van der Waals surface area contributed by atoms with Crippen LogP contribution in [0.25, 0.3) is 0 Å². The van der Waals surface area contributed by atoms with Crippen molar-refractivity contribution >= 4 is 0 Å². The van der Waals surface area contributed by atoms with Crippen molar-refractivity contribution in [2.75, 3.05) is 0 Å². The van der Waals surface area contributed by atoms with Gasteiger partial charge in [0.25, 0.3) is 0 Å². The molecule has 0 saturated carbocycles. The Morgan fingerprint density at radius 2 is 1.37 bits per heavy atom. The summed E-state index contributed by atoms with van der Waals surface area (Å²) in [6, 6.07) is 0. The molecule has 0 amide bonds. The van der Waals surface area contributed by atoms with Gasteiger partial charge in [0, 0.05) is 0 Å². The summed E-state index contributed by atoms with van der Waals surface area (Å²) in [4.78, 5) is 0. The summed E-state index contributed by atoms with van der Waals surface area (Å²) >= 11 is 0. The standard InChI is InChI=1S/C10H15.C8H11.Zr/c1-7-6-10(4,5)9(3)8(7)2;1-6-4-5-7(2)8(6)3;/h1-5H3;4H2,1-3H3;/q2*-1;+2. The Balaban J connectivity index is 0.000000331. The van der Waals surface area contributed by atoms with E-state index in [1.54, 1.807) is 0 Å². The molecule has 0 spiro atoms. The van der Waals surface area contributed by atoms with Crippen molar-refractivity contribution in [2.24, 2.45) is 5.41 Å². The molecule has 1 heteroatoms. The van der Waals surface area contributed by atoms with Gasteiger partial charge >= 0.3 is 26.2 Å². The van der Waals surface area contributed by atoms with Crippen molar-refractivity contribution in [3.8, 4) is 0 Å². The molecule has 0 aliphatic heterocycles. The fraction of sp³-hybridized carbons (Fsp3) is 0.556. The molecule has 0 aromatic heterocycles. The smallest absolute Gasteiger partial charge is 0.269 e. The average Bonchev–Trinajstić information content (AvgIpc) is 2.66. The van der Waals surface area contributed by atoms with Crippen LogP contribution in [0.2, 0.25) is 0 Å². The van der Waals surface area contributed by atoms with E-state index in [0.29, 0.717) is 0 Å². The van der Waals surface area contributed by atoms with Crippen molar-refractivity contribution in [2.45, 2.75) is 61.8 Å². The normalized spacial score (nSPS) is 20.6. The summed E-state index contributed by atoms with van der Waals surface area (Å²) in [5.74, 6) is 0. The molecule has 0 fully saturated rings. The van der Waals surface area contributed by atoms with E-state index in [-0.39, 0.29) is 31.6 Å². The van der Waals surface area contributed by atoms with Crippen molar-refractivity contribution in [1.29, 1.82) is 0 Å². The number of allylic oxidation sites excluding steroid dienone is 8. The van der Waals surface area contributed by atoms with Gasteiger partial charge in [-0.15, -0.1) is 20.3 Å². The molecule has 0 unspecified atom stereocenters. The molecule has 2 rings (SSSR count). The van der Waals surface area contributed by atoms with Crippen molar-refractivity contribution < 1.29 is 26.2 Å². The zero-order valence-corrected chi connectivity index (χ0v) is 16.2. The minimum atomic E-state index is 0. The minimum absolute atomic E-state index is 0. The third-order valence-corrected chi connectivity index (χ3v) is 4.38. The van der Waals surface area contributed by atoms with Gasteiger partial charge in [-0.25, -0.2) is 11.1 Å². The second-order valence-corrected chi connectivity index (χ2v) is 6.01. The van der Waals surface area contributed by atoms with Crippen molar-refractivity contribution in [1.82, 2.24) is 0 Å². The molecule has 102 valence electrons. The van der Waals surface area contributed by atoms with Gasteiger partial charge in [-0.05, 0) is 0 Å². The minimum Gasteiger partial charge on any atom is -0.269 e. The second kappa shape index (κ2) is 7.03. The predicted octanol–water partition coefficient (Wildman–Crippen LogP) is 5.59. The van der Waals surface area contributed by atoms with Gasteiger partial charge < -0.3 is 0 Å². The summed E-state index contributed by atoms with van der Waals surface area (Å²) < 4.78 is 0. The van der Waals surface area contributed by atoms with E-state index >= 15 is 0 Å². The van der Waals surface area contributed by atoms with Gasteiger partial charge in [0.2, 0.25) is 0 Å². The number of rotatable bonds is 0. The van der Waals surface area contributed by atoms with Gasteiger partial charge in [-0.1, -0.05) is 47.0 Å². The maximum Gasteiger partial charge on any atom is 2.00 e. The van der Waals surface area contributed by atoms with E-state index in [9.17, 15) is 0 Å². The Bertz CT molecular complexity index is 462. The van der Waals surface area contributed by atoms with Gasteiger partial charge in [-0.3, -0.25) is 12.2 Å². The summed E-state index contributed by atoms with van der Waals surface area (Å²) in [7, 11) is 0. The molecule has 0 nitrogen and oxygen atoms in total. The number of hydrogen-bond donors (Lipinski definition) is 0. The summed E-state index contributed by atoms with van der Waals surface area (Å²) in [5.41, 5.74) is 8.64. The fourth-order valence-electron chi connectivity index (χ4n) is 2.26. The molecular formula is C18H26Zr. The SMILES string of the molecule is CC1=[C-]C(C)(C)C(C)=C1C.CC1=[C-]CC(C)=C1C.[Zr+2]. The molecule has 0 atom stereocenters. The van der Waals surface area contributed by atoms with Crippen molar-refractivity contribution in [3.05, 3.63) is 45.6 Å². The first-order valence-corrected chi connectivity index (χ1v) is 6.71. The van der Waals surface area contributed by atoms with E-state index in [4.69, 9.17) is 0 Å². The van der Waals surface area contributed by atoms with Crippen LogP contribution >= 0.6 is 0 Å². The largest absolute Gasteiger partial charge is 2.00 e. The van der Waals surface area contributed by atoms with Crippen LogP contribution in [-0.4, -0.2) is 0 Å². The first-order chi connectivity index (χ1) is 8.16. The Labute approximate surface area is 138 Å². The zero-order chi connectivity index (χ0) is 14.1. The van der Waals surface area contributed by atoms with Gasteiger partial charge in [0.05, 0.1) is 0 Å². The predicted molar refractivity (Wildman–Crippen MR) is 80.0 cm³/mol. The zero-order valence-electron chi connectivity index (χ0n) is 13.7. The molecule has 0 bridgehead atoms. The van der Waals surface area contributed by atoms with Gasteiger partial charge in [0.15, 0.2) is 0 Å². The second-order valence-electron chi connectivity index (χ2n) is 6.01. The molecule has 0 heterocycles. The van der Waals surface area contributed by atoms with Gasteiger partial charge in [-0.2, -0.15) is 22.3 Å². The molecule has 0 saturated heterocycles. The van der Waals surface area contributed by atoms with Crippen molar-refractivity contribution in [3.63, 3.8) is 0 Å². The molecule has 0 aromatic rings. The van der Waals surface area contributed by atoms with Crippen LogP contribution in [0, 0.1) is 17.6 Å². The Kier molecular flexibility index (Phi) is 6.97. The van der Waals surface area contributed by atoms with Crippen LogP contribution < -0.4 is 0 Å². The molecule has 0 N–H and O–H groups in total. The first-order valence-electron chi connectivity index (χ1n) is 6.71. The Morgan fingerprint density at radius 3 is 1.47 bits per heavy atom. The molecule has 2 aliphatic carbocycles. The van der Waals surface area contributed by atoms with Crippen LogP contribution in [0.1, 0.15) is 61.8 Å². The summed E-state index contributed by atoms with van der Waals surface area (Å²) in [6.45, 7) is 17.4. The quantitative estimate of drug-likeness (QED) is 0.507. The maximum atomic E-state index is 3.44. The van der Waals surface area contributed by atoms with Crippen LogP contribution in [0.4, 0.5) is 0 Å². The van der Waals surface area contributed by atoms with Gasteiger partial charge in [0.1, 0.15) is 0 Å². The fourth-order valence-corrected chi connectivity index (χ4v) is 2.26. The summed E-state index contributed by atoms with van der Waals surface area (Å²) in [6.07, 6.45) is 7.75. The molecular weight excluding hydrogens is 307 g/mol. The third-order valence-electron chi connectivity index (χ3n) is 4.38.